The van der Waals surface area contributed by atoms with Gasteiger partial charge in [0.1, 0.15) is 0 Å². The molecule has 0 amide bonds. The average molecular weight is 200 g/mol. The lowest BCUT2D eigenvalue weighted by Gasteiger charge is -2.28. The van der Waals surface area contributed by atoms with E-state index in [1.165, 1.54) is 18.1 Å². The lowest BCUT2D eigenvalue weighted by Crippen LogP contribution is -2.35. The van der Waals surface area contributed by atoms with Gasteiger partial charge in [-0.05, 0) is 24.2 Å². The molecule has 2 nitrogen and oxygen atoms in total. The van der Waals surface area contributed by atoms with Crippen LogP contribution >= 0.6 is 0 Å². The molecule has 0 atom stereocenters. The maximum atomic E-state index is 6.02. The Balaban J connectivity index is 2.55. The third-order valence-electron chi connectivity index (χ3n) is 2.92. The van der Waals surface area contributed by atoms with Crippen molar-refractivity contribution in [2.75, 3.05) is 6.61 Å². The van der Waals surface area contributed by atoms with Crippen molar-refractivity contribution in [2.24, 2.45) is 0 Å². The molecule has 0 aliphatic carbocycles. The van der Waals surface area contributed by atoms with Gasteiger partial charge in [-0.3, -0.25) is 0 Å². The fourth-order valence-corrected chi connectivity index (χ4v) is 4.15. The Labute approximate surface area is 82.1 Å². The summed E-state index contributed by atoms with van der Waals surface area (Å²) in [6.45, 7) is 7.50. The monoisotopic (exact) mass is 200 g/mol. The molecule has 1 aliphatic heterocycles. The molecule has 0 bridgehead atoms. The molecule has 76 valence electrons. The summed E-state index contributed by atoms with van der Waals surface area (Å²) < 4.78 is 11.4. The Morgan fingerprint density at radius 1 is 1.31 bits per heavy atom. The van der Waals surface area contributed by atoms with Crippen LogP contribution in [0.1, 0.15) is 27.2 Å². The summed E-state index contributed by atoms with van der Waals surface area (Å²) >= 11 is 0. The molecular weight excluding hydrogens is 180 g/mol. The zero-order chi connectivity index (χ0) is 9.73. The van der Waals surface area contributed by atoms with E-state index in [1.54, 1.807) is 0 Å². The Morgan fingerprint density at radius 2 is 1.92 bits per heavy atom. The molecule has 0 N–H and O–H groups in total. The van der Waals surface area contributed by atoms with Crippen LogP contribution in [0, 0.1) is 0 Å². The maximum absolute atomic E-state index is 6.02. The molecule has 0 spiro atoms. The summed E-state index contributed by atoms with van der Waals surface area (Å²) in [6, 6.07) is 3.54. The van der Waals surface area contributed by atoms with Crippen molar-refractivity contribution in [3.63, 3.8) is 0 Å². The molecule has 0 aromatic rings. The second-order valence-electron chi connectivity index (χ2n) is 3.51. The van der Waals surface area contributed by atoms with E-state index in [4.69, 9.17) is 9.16 Å². The van der Waals surface area contributed by atoms with E-state index < -0.39 is 8.32 Å². The van der Waals surface area contributed by atoms with Crippen molar-refractivity contribution in [1.82, 2.24) is 0 Å². The molecule has 0 saturated heterocycles. The Kier molecular flexibility index (Phi) is 3.84. The van der Waals surface area contributed by atoms with Gasteiger partial charge in [-0.25, -0.2) is 0 Å². The molecule has 0 aromatic carbocycles. The number of hydrogen-bond acceptors (Lipinski definition) is 2. The van der Waals surface area contributed by atoms with Gasteiger partial charge < -0.3 is 9.16 Å². The van der Waals surface area contributed by atoms with Crippen molar-refractivity contribution in [2.45, 2.75) is 45.3 Å². The first-order valence-electron chi connectivity index (χ1n) is 5.28. The van der Waals surface area contributed by atoms with Crippen LogP contribution in [0.3, 0.4) is 0 Å². The first-order valence-corrected chi connectivity index (χ1v) is 7.81. The van der Waals surface area contributed by atoms with Crippen molar-refractivity contribution >= 4 is 8.32 Å². The van der Waals surface area contributed by atoms with Crippen LogP contribution < -0.4 is 0 Å². The highest BCUT2D eigenvalue weighted by Gasteiger charge is 2.32. The summed E-state index contributed by atoms with van der Waals surface area (Å²) in [5.41, 5.74) is 0. The van der Waals surface area contributed by atoms with Crippen LogP contribution in [-0.2, 0) is 9.16 Å². The quantitative estimate of drug-likeness (QED) is 0.634. The third kappa shape index (κ3) is 2.50. The van der Waals surface area contributed by atoms with Crippen molar-refractivity contribution < 1.29 is 9.16 Å². The first-order chi connectivity index (χ1) is 6.26. The molecule has 0 fully saturated rings. The molecule has 0 saturated carbocycles. The molecule has 0 radical (unpaired) electrons. The van der Waals surface area contributed by atoms with Gasteiger partial charge in [0.25, 0.3) is 14.3 Å². The van der Waals surface area contributed by atoms with E-state index in [9.17, 15) is 0 Å². The van der Waals surface area contributed by atoms with Gasteiger partial charge in [-0.15, -0.1) is 0 Å². The first kappa shape index (κ1) is 10.6. The predicted octanol–water partition coefficient (Wildman–Crippen LogP) is 3.27. The van der Waals surface area contributed by atoms with E-state index in [-0.39, 0.29) is 0 Å². The maximum Gasteiger partial charge on any atom is 0.261 e. The van der Waals surface area contributed by atoms with Gasteiger partial charge in [-0.2, -0.15) is 0 Å². The van der Waals surface area contributed by atoms with Crippen LogP contribution in [0.5, 0.6) is 0 Å². The molecule has 1 heterocycles. The Morgan fingerprint density at radius 3 is 2.31 bits per heavy atom. The van der Waals surface area contributed by atoms with Crippen LogP contribution in [0.15, 0.2) is 12.0 Å². The van der Waals surface area contributed by atoms with Crippen LogP contribution in [0.2, 0.25) is 18.1 Å². The number of rotatable bonds is 5. The second-order valence-corrected chi connectivity index (χ2v) is 8.20. The van der Waals surface area contributed by atoms with Crippen LogP contribution in [0.4, 0.5) is 0 Å². The third-order valence-corrected chi connectivity index (χ3v) is 7.42. The molecule has 13 heavy (non-hydrogen) atoms. The Bertz CT molecular complexity index is 177. The van der Waals surface area contributed by atoms with E-state index in [2.05, 4.69) is 26.8 Å². The molecule has 0 unspecified atom stereocenters. The molecular formula is C10H20O2Si. The lowest BCUT2D eigenvalue weighted by molar-refractivity contribution is 0.125. The fraction of sp³-hybridized carbons (Fsp3) is 0.800. The highest BCUT2D eigenvalue weighted by molar-refractivity contribution is 6.73. The summed E-state index contributed by atoms with van der Waals surface area (Å²) in [6.07, 6.45) is 3.08. The summed E-state index contributed by atoms with van der Waals surface area (Å²) in [4.78, 5) is 0. The summed E-state index contributed by atoms with van der Waals surface area (Å²) in [5, 5.41) is 0. The lowest BCUT2D eigenvalue weighted by atomic mass is 10.5. The topological polar surface area (TPSA) is 18.5 Å². The van der Waals surface area contributed by atoms with Gasteiger partial charge in [-0.1, -0.05) is 20.8 Å². The molecule has 3 heteroatoms. The standard InChI is InChI=1S/C10H20O2Si/c1-4-13(5-2,6-3)12-10-8-7-9-11-10/h8H,4-7,9H2,1-3H3. The van der Waals surface area contributed by atoms with Crippen molar-refractivity contribution in [1.29, 1.82) is 0 Å². The second kappa shape index (κ2) is 4.70. The van der Waals surface area contributed by atoms with Crippen molar-refractivity contribution in [3.05, 3.63) is 12.0 Å². The van der Waals surface area contributed by atoms with Gasteiger partial charge in [0, 0.05) is 6.42 Å². The highest BCUT2D eigenvalue weighted by atomic mass is 28.4. The van der Waals surface area contributed by atoms with Crippen LogP contribution in [-0.4, -0.2) is 14.9 Å². The predicted molar refractivity (Wildman–Crippen MR) is 56.9 cm³/mol. The van der Waals surface area contributed by atoms with E-state index in [0.717, 1.165) is 19.0 Å². The highest BCUT2D eigenvalue weighted by Crippen LogP contribution is 2.26. The molecule has 0 aromatic heterocycles. The smallest absolute Gasteiger partial charge is 0.261 e. The minimum Gasteiger partial charge on any atom is -0.519 e. The molecule has 1 rings (SSSR count). The van der Waals surface area contributed by atoms with Gasteiger partial charge in [0.2, 0.25) is 0 Å². The SMILES string of the molecule is CC[Si](CC)(CC)OC1=CCCO1. The number of ether oxygens (including phenoxy) is 1. The summed E-state index contributed by atoms with van der Waals surface area (Å²) in [7, 11) is -1.48. The normalized spacial score (nSPS) is 16.7. The minimum absolute atomic E-state index is 0.803. The van der Waals surface area contributed by atoms with Gasteiger partial charge in [0.05, 0.1) is 6.61 Å². The fourth-order valence-electron chi connectivity index (χ4n) is 1.65. The zero-order valence-electron chi connectivity index (χ0n) is 8.93. The largest absolute Gasteiger partial charge is 0.519 e. The Hall–Kier alpha value is -0.443. The van der Waals surface area contributed by atoms with Gasteiger partial charge in [0.15, 0.2) is 0 Å². The minimum atomic E-state index is -1.48. The molecule has 1 aliphatic rings. The van der Waals surface area contributed by atoms with E-state index in [0.29, 0.717) is 0 Å². The average Bonchev–Trinajstić information content (AvgIpc) is 2.67. The van der Waals surface area contributed by atoms with E-state index in [1.807, 2.05) is 0 Å². The summed E-state index contributed by atoms with van der Waals surface area (Å²) in [5.74, 6) is 0.803. The zero-order valence-corrected chi connectivity index (χ0v) is 9.93. The van der Waals surface area contributed by atoms with Crippen molar-refractivity contribution in [3.8, 4) is 0 Å². The van der Waals surface area contributed by atoms with E-state index >= 15 is 0 Å². The van der Waals surface area contributed by atoms with Crippen LogP contribution in [0.25, 0.3) is 0 Å². The number of hydrogen-bond donors (Lipinski definition) is 0. The van der Waals surface area contributed by atoms with Gasteiger partial charge >= 0.3 is 0 Å².